The third kappa shape index (κ3) is 1.88. The average molecular weight is 308 g/mol. The van der Waals surface area contributed by atoms with Crippen LogP contribution < -0.4 is 0 Å². The Kier molecular flexibility index (Phi) is 3.36. The van der Waals surface area contributed by atoms with Gasteiger partial charge in [0, 0.05) is 11.1 Å². The topological polar surface area (TPSA) is 18.5 Å². The van der Waals surface area contributed by atoms with Gasteiger partial charge in [0.2, 0.25) is 5.79 Å². The minimum atomic E-state index is -0.720. The number of fused-ring (bicyclic) bond motifs is 4. The van der Waals surface area contributed by atoms with Crippen molar-refractivity contribution in [2.45, 2.75) is 58.5 Å². The Balaban J connectivity index is 2.02. The van der Waals surface area contributed by atoms with Crippen LogP contribution in [0.4, 0.5) is 0 Å². The second-order valence-electron chi connectivity index (χ2n) is 6.72. The molecule has 2 aliphatic heterocycles. The van der Waals surface area contributed by atoms with Crippen LogP contribution in [0.5, 0.6) is 0 Å². The Hall–Kier alpha value is -1.64. The second kappa shape index (κ2) is 5.19. The Bertz CT molecular complexity index is 697. The van der Waals surface area contributed by atoms with Crippen molar-refractivity contribution in [3.8, 4) is 0 Å². The number of hydrogen-bond acceptors (Lipinski definition) is 2. The predicted octanol–water partition coefficient (Wildman–Crippen LogP) is 5.47. The lowest BCUT2D eigenvalue weighted by Gasteiger charge is -2.29. The third-order valence-electron chi connectivity index (χ3n) is 5.32. The minimum Gasteiger partial charge on any atom is -0.334 e. The molecular weight excluding hydrogens is 284 g/mol. The van der Waals surface area contributed by atoms with Gasteiger partial charge in [-0.25, -0.2) is 0 Å². The van der Waals surface area contributed by atoms with Gasteiger partial charge in [0.1, 0.15) is 0 Å². The summed E-state index contributed by atoms with van der Waals surface area (Å²) < 4.78 is 13.3. The molecule has 4 rings (SSSR count). The van der Waals surface area contributed by atoms with Crippen LogP contribution in [0.25, 0.3) is 0 Å². The fourth-order valence-corrected chi connectivity index (χ4v) is 4.34. The van der Waals surface area contributed by atoms with Crippen LogP contribution in [0, 0.1) is 13.8 Å². The number of aryl methyl sites for hydroxylation is 2. The van der Waals surface area contributed by atoms with Crippen molar-refractivity contribution < 1.29 is 9.47 Å². The Morgan fingerprint density at radius 1 is 0.783 bits per heavy atom. The molecule has 0 fully saturated rings. The predicted molar refractivity (Wildman–Crippen MR) is 91.4 cm³/mol. The summed E-state index contributed by atoms with van der Waals surface area (Å²) in [7, 11) is 0. The van der Waals surface area contributed by atoms with Gasteiger partial charge in [-0.05, 0) is 48.9 Å². The maximum absolute atomic E-state index is 6.63. The highest BCUT2D eigenvalue weighted by atomic mass is 16.7. The van der Waals surface area contributed by atoms with Gasteiger partial charge in [0.25, 0.3) is 0 Å². The van der Waals surface area contributed by atoms with Crippen LogP contribution in [-0.4, -0.2) is 0 Å². The standard InChI is InChI=1S/C21H24O2/c1-5-17-15-11-7-9-13(3)19(15)21(22-17)20-14(4)10-8-12-16(20)18(6-2)23-21/h7-12,17-18H,5-6H2,1-4H3/t17-,18-,21?/m0/s1. The summed E-state index contributed by atoms with van der Waals surface area (Å²) >= 11 is 0. The highest BCUT2D eigenvalue weighted by Crippen LogP contribution is 2.58. The summed E-state index contributed by atoms with van der Waals surface area (Å²) in [6, 6.07) is 13.0. The molecule has 0 N–H and O–H groups in total. The largest absolute Gasteiger partial charge is 0.334 e. The summed E-state index contributed by atoms with van der Waals surface area (Å²) in [4.78, 5) is 0. The first kappa shape index (κ1) is 14.9. The molecule has 2 aromatic rings. The van der Waals surface area contributed by atoms with E-state index in [9.17, 15) is 0 Å². The molecule has 2 atom stereocenters. The molecule has 1 spiro atoms. The fourth-order valence-electron chi connectivity index (χ4n) is 4.34. The van der Waals surface area contributed by atoms with Crippen LogP contribution in [0.15, 0.2) is 36.4 Å². The van der Waals surface area contributed by atoms with E-state index in [1.807, 2.05) is 0 Å². The first-order valence-electron chi connectivity index (χ1n) is 8.68. The van der Waals surface area contributed by atoms with E-state index in [-0.39, 0.29) is 12.2 Å². The van der Waals surface area contributed by atoms with E-state index in [1.54, 1.807) is 0 Å². The van der Waals surface area contributed by atoms with E-state index in [2.05, 4.69) is 64.1 Å². The SMILES string of the molecule is CC[C@@H]1OC2(O[C@@H](CC)c3cccc(C)c32)c2c(C)cccc21. The highest BCUT2D eigenvalue weighted by molar-refractivity contribution is 5.54. The monoisotopic (exact) mass is 308 g/mol. The molecule has 2 nitrogen and oxygen atoms in total. The molecule has 2 heterocycles. The van der Waals surface area contributed by atoms with Gasteiger partial charge in [-0.2, -0.15) is 0 Å². The van der Waals surface area contributed by atoms with E-state index in [0.29, 0.717) is 0 Å². The molecule has 0 saturated carbocycles. The van der Waals surface area contributed by atoms with Crippen LogP contribution in [0.1, 0.15) is 72.3 Å². The Morgan fingerprint density at radius 2 is 1.22 bits per heavy atom. The van der Waals surface area contributed by atoms with Gasteiger partial charge in [-0.1, -0.05) is 50.2 Å². The average Bonchev–Trinajstić information content (AvgIpc) is 3.05. The minimum absolute atomic E-state index is 0.105. The quantitative estimate of drug-likeness (QED) is 0.732. The molecule has 2 aromatic carbocycles. The summed E-state index contributed by atoms with van der Waals surface area (Å²) in [6.07, 6.45) is 2.13. The number of rotatable bonds is 2. The second-order valence-corrected chi connectivity index (χ2v) is 6.72. The third-order valence-corrected chi connectivity index (χ3v) is 5.32. The fraction of sp³-hybridized carbons (Fsp3) is 0.429. The van der Waals surface area contributed by atoms with Gasteiger partial charge in [-0.15, -0.1) is 0 Å². The normalized spacial score (nSPS) is 24.0. The molecule has 0 saturated heterocycles. The van der Waals surface area contributed by atoms with Crippen LogP contribution in [-0.2, 0) is 15.3 Å². The summed E-state index contributed by atoms with van der Waals surface area (Å²) in [5.41, 5.74) is 7.56. The molecule has 0 amide bonds. The zero-order chi connectivity index (χ0) is 16.2. The Labute approximate surface area is 138 Å². The molecule has 2 aliphatic rings. The van der Waals surface area contributed by atoms with Crippen molar-refractivity contribution >= 4 is 0 Å². The van der Waals surface area contributed by atoms with Gasteiger partial charge in [0.15, 0.2) is 0 Å². The molecule has 0 aromatic heterocycles. The van der Waals surface area contributed by atoms with Crippen molar-refractivity contribution in [2.75, 3.05) is 0 Å². The van der Waals surface area contributed by atoms with E-state index in [4.69, 9.17) is 9.47 Å². The van der Waals surface area contributed by atoms with Crippen LogP contribution in [0.2, 0.25) is 0 Å². The smallest absolute Gasteiger partial charge is 0.224 e. The lowest BCUT2D eigenvalue weighted by atomic mass is 9.87. The van der Waals surface area contributed by atoms with Crippen molar-refractivity contribution in [3.63, 3.8) is 0 Å². The van der Waals surface area contributed by atoms with E-state index in [1.165, 1.54) is 33.4 Å². The number of hydrogen-bond donors (Lipinski definition) is 0. The summed E-state index contributed by atoms with van der Waals surface area (Å²) in [5, 5.41) is 0. The molecule has 120 valence electrons. The van der Waals surface area contributed by atoms with E-state index >= 15 is 0 Å². The molecular formula is C21H24O2. The van der Waals surface area contributed by atoms with Crippen molar-refractivity contribution in [3.05, 3.63) is 69.8 Å². The van der Waals surface area contributed by atoms with Crippen molar-refractivity contribution in [1.82, 2.24) is 0 Å². The van der Waals surface area contributed by atoms with Crippen LogP contribution in [0.3, 0.4) is 0 Å². The van der Waals surface area contributed by atoms with Crippen molar-refractivity contribution in [1.29, 1.82) is 0 Å². The first-order chi connectivity index (χ1) is 11.1. The maximum Gasteiger partial charge on any atom is 0.224 e. The zero-order valence-corrected chi connectivity index (χ0v) is 14.3. The summed E-state index contributed by atoms with van der Waals surface area (Å²) in [5.74, 6) is -0.720. The molecule has 0 radical (unpaired) electrons. The van der Waals surface area contributed by atoms with Gasteiger partial charge < -0.3 is 9.47 Å². The Morgan fingerprint density at radius 3 is 1.61 bits per heavy atom. The number of ether oxygens (including phenoxy) is 2. The van der Waals surface area contributed by atoms with E-state index in [0.717, 1.165) is 12.8 Å². The van der Waals surface area contributed by atoms with Crippen LogP contribution >= 0.6 is 0 Å². The molecule has 23 heavy (non-hydrogen) atoms. The molecule has 0 bridgehead atoms. The number of benzene rings is 2. The van der Waals surface area contributed by atoms with E-state index < -0.39 is 5.79 Å². The molecule has 0 unspecified atom stereocenters. The summed E-state index contributed by atoms with van der Waals surface area (Å²) in [6.45, 7) is 8.70. The van der Waals surface area contributed by atoms with Gasteiger partial charge in [-0.3, -0.25) is 0 Å². The lowest BCUT2D eigenvalue weighted by molar-refractivity contribution is -0.236. The zero-order valence-electron chi connectivity index (χ0n) is 14.3. The van der Waals surface area contributed by atoms with Gasteiger partial charge >= 0.3 is 0 Å². The van der Waals surface area contributed by atoms with Gasteiger partial charge in [0.05, 0.1) is 12.2 Å². The first-order valence-corrected chi connectivity index (χ1v) is 8.68. The lowest BCUT2D eigenvalue weighted by Crippen LogP contribution is -2.28. The maximum atomic E-state index is 6.63. The molecule has 2 heteroatoms. The molecule has 0 aliphatic carbocycles. The highest BCUT2D eigenvalue weighted by Gasteiger charge is 2.55. The van der Waals surface area contributed by atoms with Crippen molar-refractivity contribution in [2.24, 2.45) is 0 Å².